The van der Waals surface area contributed by atoms with Crippen LogP contribution in [0, 0.1) is 0 Å². The molecule has 0 amide bonds. The topological polar surface area (TPSA) is 29.3 Å². The van der Waals surface area contributed by atoms with Gasteiger partial charge in [-0.3, -0.25) is 0 Å². The van der Waals surface area contributed by atoms with Gasteiger partial charge in [-0.05, 0) is 18.6 Å². The summed E-state index contributed by atoms with van der Waals surface area (Å²) in [6.07, 6.45) is 3.19. The van der Waals surface area contributed by atoms with Gasteiger partial charge in [-0.1, -0.05) is 43.8 Å². The number of benzene rings is 1. The third-order valence-electron chi connectivity index (χ3n) is 2.53. The Balaban J connectivity index is 2.59. The first-order chi connectivity index (χ1) is 7.74. The first-order valence-corrected chi connectivity index (χ1v) is 6.23. The van der Waals surface area contributed by atoms with E-state index in [2.05, 4.69) is 36.1 Å². The highest BCUT2D eigenvalue weighted by Gasteiger charge is 2.05. The summed E-state index contributed by atoms with van der Waals surface area (Å²) in [5.74, 6) is 0. The minimum Gasteiger partial charge on any atom is -0.393 e. The van der Waals surface area contributed by atoms with E-state index in [1.165, 1.54) is 18.5 Å². The van der Waals surface area contributed by atoms with Gasteiger partial charge < -0.3 is 10.6 Å². The zero-order valence-corrected chi connectivity index (χ0v) is 10.7. The Labute approximate surface area is 103 Å². The van der Waals surface area contributed by atoms with Crippen molar-refractivity contribution in [1.82, 2.24) is 0 Å². The van der Waals surface area contributed by atoms with E-state index in [4.69, 9.17) is 18.0 Å². The molecule has 0 unspecified atom stereocenters. The van der Waals surface area contributed by atoms with Crippen LogP contribution in [0.2, 0.25) is 0 Å². The van der Waals surface area contributed by atoms with Gasteiger partial charge >= 0.3 is 0 Å². The normalized spacial score (nSPS) is 10.1. The number of anilines is 1. The Hall–Kier alpha value is -1.09. The Morgan fingerprint density at radius 1 is 1.25 bits per heavy atom. The van der Waals surface area contributed by atoms with Crippen molar-refractivity contribution >= 4 is 22.9 Å². The molecule has 0 fully saturated rings. The molecule has 1 aromatic rings. The summed E-state index contributed by atoms with van der Waals surface area (Å²) in [5.41, 5.74) is 6.81. The van der Waals surface area contributed by atoms with Crippen LogP contribution in [0.4, 0.5) is 5.69 Å². The number of rotatable bonds is 7. The van der Waals surface area contributed by atoms with E-state index in [0.29, 0.717) is 4.99 Å². The molecule has 0 aliphatic rings. The molecular weight excluding hydrogens is 216 g/mol. The lowest BCUT2D eigenvalue weighted by Gasteiger charge is -2.24. The fraction of sp³-hybridized carbons (Fsp3) is 0.462. The van der Waals surface area contributed by atoms with E-state index >= 15 is 0 Å². The summed E-state index contributed by atoms with van der Waals surface area (Å²) in [6.45, 7) is 4.19. The van der Waals surface area contributed by atoms with Crippen LogP contribution in [0.3, 0.4) is 0 Å². The lowest BCUT2D eigenvalue weighted by atomic mass is 10.2. The third-order valence-corrected chi connectivity index (χ3v) is 2.74. The molecule has 0 heterocycles. The van der Waals surface area contributed by atoms with Gasteiger partial charge in [0.1, 0.15) is 0 Å². The minimum absolute atomic E-state index is 0.595. The summed E-state index contributed by atoms with van der Waals surface area (Å²) in [5, 5.41) is 0. The summed E-state index contributed by atoms with van der Waals surface area (Å²) in [6, 6.07) is 10.4. The molecule has 2 N–H and O–H groups in total. The van der Waals surface area contributed by atoms with Gasteiger partial charge in [-0.25, -0.2) is 0 Å². The zero-order chi connectivity index (χ0) is 11.8. The van der Waals surface area contributed by atoms with Gasteiger partial charge in [-0.15, -0.1) is 0 Å². The number of nitrogens with zero attached hydrogens (tertiary/aromatic N) is 1. The number of thiocarbonyl (C=S) groups is 1. The molecule has 16 heavy (non-hydrogen) atoms. The Morgan fingerprint density at radius 3 is 2.50 bits per heavy atom. The molecule has 0 aliphatic heterocycles. The van der Waals surface area contributed by atoms with E-state index in [9.17, 15) is 0 Å². The van der Waals surface area contributed by atoms with E-state index in [0.717, 1.165) is 19.5 Å². The molecule has 0 aliphatic carbocycles. The first-order valence-electron chi connectivity index (χ1n) is 5.82. The summed E-state index contributed by atoms with van der Waals surface area (Å²) in [4.78, 5) is 2.94. The number of hydrogen-bond acceptors (Lipinski definition) is 2. The van der Waals surface area contributed by atoms with Gasteiger partial charge in [0.25, 0.3) is 0 Å². The predicted molar refractivity (Wildman–Crippen MR) is 75.0 cm³/mol. The van der Waals surface area contributed by atoms with Crippen LogP contribution in [0.25, 0.3) is 0 Å². The fourth-order valence-corrected chi connectivity index (χ4v) is 1.69. The van der Waals surface area contributed by atoms with Crippen LogP contribution in [0.1, 0.15) is 26.2 Å². The summed E-state index contributed by atoms with van der Waals surface area (Å²) >= 11 is 4.93. The molecule has 1 rings (SSSR count). The van der Waals surface area contributed by atoms with Crippen LogP contribution < -0.4 is 10.6 Å². The minimum atomic E-state index is 0.595. The molecule has 3 heteroatoms. The first kappa shape index (κ1) is 13.0. The molecule has 2 nitrogen and oxygen atoms in total. The van der Waals surface area contributed by atoms with Crippen LogP contribution in [-0.4, -0.2) is 18.1 Å². The van der Waals surface area contributed by atoms with Crippen molar-refractivity contribution in [2.75, 3.05) is 18.0 Å². The highest BCUT2D eigenvalue weighted by molar-refractivity contribution is 7.80. The highest BCUT2D eigenvalue weighted by Crippen LogP contribution is 2.14. The fourth-order valence-electron chi connectivity index (χ4n) is 1.60. The average Bonchev–Trinajstić information content (AvgIpc) is 2.30. The summed E-state index contributed by atoms with van der Waals surface area (Å²) < 4.78 is 0. The molecule has 1 aromatic carbocycles. The lowest BCUT2D eigenvalue weighted by Crippen LogP contribution is -2.28. The van der Waals surface area contributed by atoms with Gasteiger partial charge in [0.05, 0.1) is 4.99 Å². The maximum absolute atomic E-state index is 5.55. The maximum Gasteiger partial charge on any atom is 0.0745 e. The van der Waals surface area contributed by atoms with Crippen LogP contribution in [0.5, 0.6) is 0 Å². The van der Waals surface area contributed by atoms with E-state index in [-0.39, 0.29) is 0 Å². The lowest BCUT2D eigenvalue weighted by molar-refractivity contribution is 0.722. The van der Waals surface area contributed by atoms with Crippen LogP contribution in [0.15, 0.2) is 30.3 Å². The second-order valence-corrected chi connectivity index (χ2v) is 4.42. The molecule has 0 saturated heterocycles. The molecule has 0 aromatic heterocycles. The SMILES string of the molecule is CCCCN(CCC(N)=S)c1ccccc1. The summed E-state index contributed by atoms with van der Waals surface area (Å²) in [7, 11) is 0. The molecule has 0 radical (unpaired) electrons. The zero-order valence-electron chi connectivity index (χ0n) is 9.86. The monoisotopic (exact) mass is 236 g/mol. The van der Waals surface area contributed by atoms with Crippen molar-refractivity contribution < 1.29 is 0 Å². The maximum atomic E-state index is 5.55. The van der Waals surface area contributed by atoms with Crippen LogP contribution >= 0.6 is 12.2 Å². The second-order valence-electron chi connectivity index (χ2n) is 3.89. The average molecular weight is 236 g/mol. The van der Waals surface area contributed by atoms with Gasteiger partial charge in [0.2, 0.25) is 0 Å². The molecule has 0 bridgehead atoms. The Morgan fingerprint density at radius 2 is 1.94 bits per heavy atom. The highest BCUT2D eigenvalue weighted by atomic mass is 32.1. The number of unbranched alkanes of at least 4 members (excludes halogenated alkanes) is 1. The molecule has 0 saturated carbocycles. The van der Waals surface area contributed by atoms with Gasteiger partial charge in [-0.2, -0.15) is 0 Å². The Bertz CT molecular complexity index is 311. The Kier molecular flexibility index (Phi) is 5.86. The van der Waals surface area contributed by atoms with E-state index in [1.54, 1.807) is 0 Å². The van der Waals surface area contributed by atoms with Crippen molar-refractivity contribution in [3.63, 3.8) is 0 Å². The smallest absolute Gasteiger partial charge is 0.0745 e. The number of nitrogens with two attached hydrogens (primary N) is 1. The van der Waals surface area contributed by atoms with Crippen molar-refractivity contribution in [3.8, 4) is 0 Å². The molecule has 88 valence electrons. The molecular formula is C13H20N2S. The standard InChI is InChI=1S/C13H20N2S/c1-2-3-10-15(11-9-13(14)16)12-7-5-4-6-8-12/h4-8H,2-3,9-11H2,1H3,(H2,14,16). The number of para-hydroxylation sites is 1. The van der Waals surface area contributed by atoms with Crippen molar-refractivity contribution in [2.24, 2.45) is 5.73 Å². The van der Waals surface area contributed by atoms with Crippen molar-refractivity contribution in [2.45, 2.75) is 26.2 Å². The quantitative estimate of drug-likeness (QED) is 0.738. The van der Waals surface area contributed by atoms with Gasteiger partial charge in [0, 0.05) is 25.2 Å². The predicted octanol–water partition coefficient (Wildman–Crippen LogP) is 2.97. The van der Waals surface area contributed by atoms with Crippen molar-refractivity contribution in [3.05, 3.63) is 30.3 Å². The van der Waals surface area contributed by atoms with E-state index < -0.39 is 0 Å². The van der Waals surface area contributed by atoms with Crippen LogP contribution in [-0.2, 0) is 0 Å². The largest absolute Gasteiger partial charge is 0.393 e. The molecule has 0 spiro atoms. The van der Waals surface area contributed by atoms with E-state index in [1.807, 2.05) is 6.07 Å². The van der Waals surface area contributed by atoms with Crippen molar-refractivity contribution in [1.29, 1.82) is 0 Å². The molecule has 0 atom stereocenters. The number of hydrogen-bond donors (Lipinski definition) is 1. The second kappa shape index (κ2) is 7.23. The third kappa shape index (κ3) is 4.62. The van der Waals surface area contributed by atoms with Gasteiger partial charge in [0.15, 0.2) is 0 Å².